The van der Waals surface area contributed by atoms with Gasteiger partial charge in [-0.05, 0) is 60.0 Å². The van der Waals surface area contributed by atoms with Crippen molar-refractivity contribution in [3.63, 3.8) is 0 Å². The molecule has 3 aromatic heterocycles. The van der Waals surface area contributed by atoms with Crippen LogP contribution in [0.1, 0.15) is 0 Å². The first-order valence-corrected chi connectivity index (χ1v) is 17.5. The molecule has 0 saturated heterocycles. The molecule has 3 heterocycles. The number of nitrogens with zero attached hydrogens (tertiary/aromatic N) is 5. The Bertz CT molecular complexity index is 2880. The van der Waals surface area contributed by atoms with Crippen LogP contribution in [0.15, 0.2) is 188 Å². The van der Waals surface area contributed by atoms with E-state index in [1.165, 1.54) is 0 Å². The highest BCUT2D eigenvalue weighted by molar-refractivity contribution is 5.99. The van der Waals surface area contributed by atoms with Gasteiger partial charge in [0.1, 0.15) is 11.6 Å². The molecule has 0 atom stereocenters. The number of benzene rings is 7. The molecule has 10 aromatic rings. The number of rotatable bonds is 6. The van der Waals surface area contributed by atoms with Crippen LogP contribution >= 0.6 is 0 Å². The van der Waals surface area contributed by atoms with Crippen molar-refractivity contribution in [1.29, 1.82) is 0 Å². The van der Waals surface area contributed by atoms with E-state index in [1.54, 1.807) is 0 Å². The van der Waals surface area contributed by atoms with Crippen molar-refractivity contribution in [3.8, 4) is 56.7 Å². The van der Waals surface area contributed by atoms with Crippen LogP contribution in [0.4, 0.5) is 0 Å². The van der Waals surface area contributed by atoms with Gasteiger partial charge in [0.2, 0.25) is 0 Å². The first-order valence-electron chi connectivity index (χ1n) is 17.5. The molecular weight excluding hydrogens is 635 g/mol. The van der Waals surface area contributed by atoms with E-state index in [1.807, 2.05) is 24.3 Å². The van der Waals surface area contributed by atoms with E-state index in [0.29, 0.717) is 0 Å². The SMILES string of the molecule is c1ccc(-c2nc3cc(-c4cc5ccccc5c(-c5ccc6c(c5)nc(-c5ccccc5)n6-c5ccccc5)n4)ccc3n2-c2ccccc2)cc1. The molecule has 0 saturated carbocycles. The summed E-state index contributed by atoms with van der Waals surface area (Å²) in [6.07, 6.45) is 0. The number of imidazole rings is 2. The van der Waals surface area contributed by atoms with E-state index in [-0.39, 0.29) is 0 Å². The molecule has 0 bridgehead atoms. The van der Waals surface area contributed by atoms with E-state index in [2.05, 4.69) is 173 Å². The Balaban J connectivity index is 1.14. The standard InChI is InChI=1S/C47H31N5/c1-5-15-32(16-6-1)46-49-41-30-35(25-27-43(41)51(46)37-20-9-3-10-21-37)40-29-34-19-13-14-24-39(34)45(48-40)36-26-28-44-42(31-36)50-47(33-17-7-2-8-18-33)52(44)38-22-11-4-12-23-38/h1-31H. The lowest BCUT2D eigenvalue weighted by Crippen LogP contribution is -1.97. The number of pyridine rings is 1. The Labute approximate surface area is 300 Å². The first-order chi connectivity index (χ1) is 25.8. The van der Waals surface area contributed by atoms with Gasteiger partial charge in [0.25, 0.3) is 0 Å². The minimum absolute atomic E-state index is 0.894. The third kappa shape index (κ3) is 5.07. The molecule has 0 aliphatic carbocycles. The fraction of sp³-hybridized carbons (Fsp3) is 0. The van der Waals surface area contributed by atoms with Gasteiger partial charge in [-0.3, -0.25) is 9.13 Å². The topological polar surface area (TPSA) is 48.5 Å². The van der Waals surface area contributed by atoms with Crippen LogP contribution in [0.25, 0.3) is 89.5 Å². The molecule has 244 valence electrons. The number of hydrogen-bond acceptors (Lipinski definition) is 3. The van der Waals surface area contributed by atoms with Gasteiger partial charge in [0.05, 0.1) is 33.5 Å². The molecule has 5 heteroatoms. The fourth-order valence-corrected chi connectivity index (χ4v) is 7.27. The average molecular weight is 666 g/mol. The molecule has 0 aliphatic rings. The number of fused-ring (bicyclic) bond motifs is 3. The molecule has 5 nitrogen and oxygen atoms in total. The van der Waals surface area contributed by atoms with Crippen LogP contribution in [0, 0.1) is 0 Å². The van der Waals surface area contributed by atoms with Crippen LogP contribution in [0.5, 0.6) is 0 Å². The maximum Gasteiger partial charge on any atom is 0.145 e. The van der Waals surface area contributed by atoms with E-state index in [0.717, 1.165) is 89.5 Å². The Hall–Kier alpha value is -7.11. The lowest BCUT2D eigenvalue weighted by molar-refractivity contribution is 1.10. The molecule has 10 rings (SSSR count). The number of para-hydroxylation sites is 2. The highest BCUT2D eigenvalue weighted by atomic mass is 15.1. The van der Waals surface area contributed by atoms with Gasteiger partial charge < -0.3 is 0 Å². The second-order valence-corrected chi connectivity index (χ2v) is 12.9. The summed E-state index contributed by atoms with van der Waals surface area (Å²) in [6.45, 7) is 0. The minimum Gasteiger partial charge on any atom is -0.292 e. The van der Waals surface area contributed by atoms with Crippen molar-refractivity contribution in [1.82, 2.24) is 24.1 Å². The van der Waals surface area contributed by atoms with Crippen molar-refractivity contribution >= 4 is 32.8 Å². The van der Waals surface area contributed by atoms with Gasteiger partial charge >= 0.3 is 0 Å². The number of hydrogen-bond donors (Lipinski definition) is 0. The normalized spacial score (nSPS) is 11.5. The lowest BCUT2D eigenvalue weighted by Gasteiger charge is -2.12. The quantitative estimate of drug-likeness (QED) is 0.178. The van der Waals surface area contributed by atoms with Gasteiger partial charge in [-0.25, -0.2) is 15.0 Å². The second-order valence-electron chi connectivity index (χ2n) is 12.9. The summed E-state index contributed by atoms with van der Waals surface area (Å²) < 4.78 is 4.48. The third-order valence-electron chi connectivity index (χ3n) is 9.71. The molecule has 0 unspecified atom stereocenters. The molecular formula is C47H31N5. The predicted molar refractivity (Wildman–Crippen MR) is 213 cm³/mol. The zero-order valence-electron chi connectivity index (χ0n) is 28.1. The molecule has 7 aromatic carbocycles. The molecule has 0 fully saturated rings. The zero-order chi connectivity index (χ0) is 34.4. The average Bonchev–Trinajstić information content (AvgIpc) is 3.80. The zero-order valence-corrected chi connectivity index (χ0v) is 28.1. The molecule has 52 heavy (non-hydrogen) atoms. The Morgan fingerprint density at radius 1 is 0.346 bits per heavy atom. The second kappa shape index (κ2) is 12.3. The summed E-state index contributed by atoms with van der Waals surface area (Å²) in [5.74, 6) is 1.81. The van der Waals surface area contributed by atoms with Gasteiger partial charge in [-0.2, -0.15) is 0 Å². The van der Waals surface area contributed by atoms with Crippen molar-refractivity contribution in [3.05, 3.63) is 188 Å². The van der Waals surface area contributed by atoms with Crippen LogP contribution in [-0.2, 0) is 0 Å². The van der Waals surface area contributed by atoms with Gasteiger partial charge in [-0.15, -0.1) is 0 Å². The monoisotopic (exact) mass is 665 g/mol. The van der Waals surface area contributed by atoms with Crippen molar-refractivity contribution in [2.75, 3.05) is 0 Å². The van der Waals surface area contributed by atoms with E-state index >= 15 is 0 Å². The molecule has 0 N–H and O–H groups in total. The summed E-state index contributed by atoms with van der Waals surface area (Å²) in [7, 11) is 0. The van der Waals surface area contributed by atoms with Crippen LogP contribution in [0.2, 0.25) is 0 Å². The number of aromatic nitrogens is 5. The van der Waals surface area contributed by atoms with Crippen molar-refractivity contribution < 1.29 is 0 Å². The van der Waals surface area contributed by atoms with Gasteiger partial charge in [-0.1, -0.05) is 133 Å². The van der Waals surface area contributed by atoms with E-state index in [9.17, 15) is 0 Å². The molecule has 0 radical (unpaired) electrons. The third-order valence-corrected chi connectivity index (χ3v) is 9.71. The van der Waals surface area contributed by atoms with Crippen LogP contribution < -0.4 is 0 Å². The van der Waals surface area contributed by atoms with E-state index in [4.69, 9.17) is 15.0 Å². The fourth-order valence-electron chi connectivity index (χ4n) is 7.27. The predicted octanol–water partition coefficient (Wildman–Crippen LogP) is 11.6. The lowest BCUT2D eigenvalue weighted by atomic mass is 10.0. The Morgan fingerprint density at radius 3 is 1.37 bits per heavy atom. The summed E-state index contributed by atoms with van der Waals surface area (Å²) in [4.78, 5) is 15.8. The summed E-state index contributed by atoms with van der Waals surface area (Å²) in [5.41, 5.74) is 12.0. The van der Waals surface area contributed by atoms with Gasteiger partial charge in [0, 0.05) is 39.0 Å². The van der Waals surface area contributed by atoms with Crippen molar-refractivity contribution in [2.45, 2.75) is 0 Å². The summed E-state index contributed by atoms with van der Waals surface area (Å²) >= 11 is 0. The Morgan fingerprint density at radius 2 is 0.808 bits per heavy atom. The maximum atomic E-state index is 5.38. The molecule has 0 spiro atoms. The smallest absolute Gasteiger partial charge is 0.145 e. The Kier molecular flexibility index (Phi) is 7.07. The first kappa shape index (κ1) is 29.8. The van der Waals surface area contributed by atoms with Crippen LogP contribution in [0.3, 0.4) is 0 Å². The summed E-state index contributed by atoms with van der Waals surface area (Å²) in [5, 5.41) is 2.22. The van der Waals surface area contributed by atoms with Crippen LogP contribution in [-0.4, -0.2) is 24.1 Å². The van der Waals surface area contributed by atoms with Gasteiger partial charge in [0.15, 0.2) is 0 Å². The maximum absolute atomic E-state index is 5.38. The molecule has 0 amide bonds. The highest BCUT2D eigenvalue weighted by Crippen LogP contribution is 2.37. The molecule has 0 aliphatic heterocycles. The summed E-state index contributed by atoms with van der Waals surface area (Å²) in [6, 6.07) is 65.3. The van der Waals surface area contributed by atoms with Crippen molar-refractivity contribution in [2.24, 2.45) is 0 Å². The highest BCUT2D eigenvalue weighted by Gasteiger charge is 2.19. The van der Waals surface area contributed by atoms with E-state index < -0.39 is 0 Å². The largest absolute Gasteiger partial charge is 0.292 e. The minimum atomic E-state index is 0.894.